The van der Waals surface area contributed by atoms with Gasteiger partial charge in [-0.2, -0.15) is 0 Å². The predicted molar refractivity (Wildman–Crippen MR) is 78.0 cm³/mol. The molecule has 0 aliphatic rings. The fourth-order valence-electron chi connectivity index (χ4n) is 2.01. The lowest BCUT2D eigenvalue weighted by atomic mass is 10.1. The van der Waals surface area contributed by atoms with Crippen molar-refractivity contribution in [3.05, 3.63) is 23.9 Å². The molecule has 1 unspecified atom stereocenters. The topological polar surface area (TPSA) is 45.4 Å². The average molecular weight is 250 g/mol. The SMILES string of the molecule is CC(N)Cc1cccnc1N(C)CCCN(C)C. The zero-order valence-electron chi connectivity index (χ0n) is 12.1. The molecule has 0 spiro atoms. The smallest absolute Gasteiger partial charge is 0.131 e. The summed E-state index contributed by atoms with van der Waals surface area (Å²) in [4.78, 5) is 8.91. The first-order valence-corrected chi connectivity index (χ1v) is 6.56. The Morgan fingerprint density at radius 2 is 2.00 bits per heavy atom. The first-order valence-electron chi connectivity index (χ1n) is 6.56. The van der Waals surface area contributed by atoms with E-state index in [9.17, 15) is 0 Å². The van der Waals surface area contributed by atoms with Gasteiger partial charge < -0.3 is 15.5 Å². The highest BCUT2D eigenvalue weighted by Gasteiger charge is 2.09. The highest BCUT2D eigenvalue weighted by Crippen LogP contribution is 2.17. The zero-order chi connectivity index (χ0) is 13.5. The molecule has 0 aliphatic heterocycles. The number of nitrogens with zero attached hydrogens (tertiary/aromatic N) is 3. The van der Waals surface area contributed by atoms with Crippen LogP contribution in [-0.4, -0.2) is 50.2 Å². The number of rotatable bonds is 7. The van der Waals surface area contributed by atoms with Crippen LogP contribution in [0.25, 0.3) is 0 Å². The van der Waals surface area contributed by atoms with E-state index in [1.54, 1.807) is 0 Å². The van der Waals surface area contributed by atoms with Crippen LogP contribution < -0.4 is 10.6 Å². The summed E-state index contributed by atoms with van der Waals surface area (Å²) < 4.78 is 0. The lowest BCUT2D eigenvalue weighted by Gasteiger charge is -2.22. The minimum atomic E-state index is 0.170. The van der Waals surface area contributed by atoms with Crippen molar-refractivity contribution in [3.63, 3.8) is 0 Å². The summed E-state index contributed by atoms with van der Waals surface area (Å²) in [5.41, 5.74) is 7.12. The van der Waals surface area contributed by atoms with Gasteiger partial charge in [-0.1, -0.05) is 6.07 Å². The second-order valence-corrected chi connectivity index (χ2v) is 5.25. The Morgan fingerprint density at radius 1 is 1.28 bits per heavy atom. The molecule has 2 N–H and O–H groups in total. The van der Waals surface area contributed by atoms with Crippen molar-refractivity contribution in [2.45, 2.75) is 25.8 Å². The molecule has 1 aromatic heterocycles. The van der Waals surface area contributed by atoms with Crippen molar-refractivity contribution >= 4 is 5.82 Å². The maximum absolute atomic E-state index is 5.88. The molecule has 0 radical (unpaired) electrons. The fraction of sp³-hybridized carbons (Fsp3) is 0.643. The third-order valence-corrected chi connectivity index (χ3v) is 2.87. The molecule has 1 heterocycles. The zero-order valence-corrected chi connectivity index (χ0v) is 12.1. The monoisotopic (exact) mass is 250 g/mol. The maximum Gasteiger partial charge on any atom is 0.131 e. The van der Waals surface area contributed by atoms with E-state index in [-0.39, 0.29) is 6.04 Å². The molecule has 18 heavy (non-hydrogen) atoms. The minimum absolute atomic E-state index is 0.170. The van der Waals surface area contributed by atoms with Crippen LogP contribution in [0.4, 0.5) is 5.82 Å². The van der Waals surface area contributed by atoms with Crippen molar-refractivity contribution in [1.29, 1.82) is 0 Å². The van der Waals surface area contributed by atoms with Gasteiger partial charge in [0.2, 0.25) is 0 Å². The molecule has 0 saturated heterocycles. The van der Waals surface area contributed by atoms with E-state index in [0.717, 1.165) is 31.7 Å². The van der Waals surface area contributed by atoms with E-state index in [2.05, 4.69) is 42.0 Å². The Morgan fingerprint density at radius 3 is 2.61 bits per heavy atom. The maximum atomic E-state index is 5.88. The van der Waals surface area contributed by atoms with Crippen molar-refractivity contribution in [3.8, 4) is 0 Å². The van der Waals surface area contributed by atoms with Crippen LogP contribution in [0.3, 0.4) is 0 Å². The lowest BCUT2D eigenvalue weighted by molar-refractivity contribution is 0.401. The van der Waals surface area contributed by atoms with Gasteiger partial charge in [-0.15, -0.1) is 0 Å². The Hall–Kier alpha value is -1.13. The number of anilines is 1. The van der Waals surface area contributed by atoms with Gasteiger partial charge >= 0.3 is 0 Å². The van der Waals surface area contributed by atoms with Gasteiger partial charge in [0.15, 0.2) is 0 Å². The fourth-order valence-corrected chi connectivity index (χ4v) is 2.01. The molecule has 0 fully saturated rings. The molecular weight excluding hydrogens is 224 g/mol. The first-order chi connectivity index (χ1) is 8.50. The van der Waals surface area contributed by atoms with Crippen LogP contribution >= 0.6 is 0 Å². The van der Waals surface area contributed by atoms with E-state index >= 15 is 0 Å². The van der Waals surface area contributed by atoms with Crippen LogP contribution in [0.2, 0.25) is 0 Å². The van der Waals surface area contributed by atoms with E-state index in [1.165, 1.54) is 5.56 Å². The van der Waals surface area contributed by atoms with Gasteiger partial charge in [-0.05, 0) is 52.0 Å². The van der Waals surface area contributed by atoms with Gasteiger partial charge in [0.05, 0.1) is 0 Å². The Balaban J connectivity index is 2.63. The molecule has 4 nitrogen and oxygen atoms in total. The average Bonchev–Trinajstić information content (AvgIpc) is 2.28. The van der Waals surface area contributed by atoms with E-state index in [4.69, 9.17) is 5.73 Å². The minimum Gasteiger partial charge on any atom is -0.359 e. The lowest BCUT2D eigenvalue weighted by Crippen LogP contribution is -2.26. The van der Waals surface area contributed by atoms with Gasteiger partial charge in [0, 0.05) is 25.8 Å². The normalized spacial score (nSPS) is 12.8. The van der Waals surface area contributed by atoms with Crippen LogP contribution in [0.15, 0.2) is 18.3 Å². The number of nitrogens with two attached hydrogens (primary N) is 1. The van der Waals surface area contributed by atoms with Crippen LogP contribution in [0.5, 0.6) is 0 Å². The highest BCUT2D eigenvalue weighted by molar-refractivity contribution is 5.46. The Bertz CT molecular complexity index is 349. The van der Waals surface area contributed by atoms with Crippen molar-refractivity contribution < 1.29 is 0 Å². The summed E-state index contributed by atoms with van der Waals surface area (Å²) in [6.45, 7) is 4.14. The summed E-state index contributed by atoms with van der Waals surface area (Å²) in [7, 11) is 6.30. The van der Waals surface area contributed by atoms with Crippen LogP contribution in [0.1, 0.15) is 18.9 Å². The molecule has 0 bridgehead atoms. The van der Waals surface area contributed by atoms with Gasteiger partial charge in [0.1, 0.15) is 5.82 Å². The summed E-state index contributed by atoms with van der Waals surface area (Å²) in [6.07, 6.45) is 3.86. The van der Waals surface area contributed by atoms with Crippen molar-refractivity contribution in [1.82, 2.24) is 9.88 Å². The van der Waals surface area contributed by atoms with Gasteiger partial charge in [-0.3, -0.25) is 0 Å². The molecule has 4 heteroatoms. The molecule has 102 valence electrons. The summed E-state index contributed by atoms with van der Waals surface area (Å²) in [6, 6.07) is 4.27. The van der Waals surface area contributed by atoms with Gasteiger partial charge in [0.25, 0.3) is 0 Å². The summed E-state index contributed by atoms with van der Waals surface area (Å²) in [5.74, 6) is 1.06. The number of hydrogen-bond donors (Lipinski definition) is 1. The van der Waals surface area contributed by atoms with E-state index in [1.807, 2.05) is 19.2 Å². The predicted octanol–water partition coefficient (Wildman–Crippen LogP) is 1.36. The Labute approximate surface area is 111 Å². The largest absolute Gasteiger partial charge is 0.359 e. The third kappa shape index (κ3) is 5.02. The summed E-state index contributed by atoms with van der Waals surface area (Å²) >= 11 is 0. The third-order valence-electron chi connectivity index (χ3n) is 2.87. The van der Waals surface area contributed by atoms with Crippen molar-refractivity contribution in [2.75, 3.05) is 39.1 Å². The molecule has 1 rings (SSSR count). The highest BCUT2D eigenvalue weighted by atomic mass is 15.2. The quantitative estimate of drug-likeness (QED) is 0.793. The van der Waals surface area contributed by atoms with Crippen molar-refractivity contribution in [2.24, 2.45) is 5.73 Å². The number of aromatic nitrogens is 1. The standard InChI is InChI=1S/C14H26N4/c1-12(15)11-13-7-5-8-16-14(13)18(4)10-6-9-17(2)3/h5,7-8,12H,6,9-11,15H2,1-4H3. The summed E-state index contributed by atoms with van der Waals surface area (Å²) in [5, 5.41) is 0. The second kappa shape index (κ2) is 7.34. The molecule has 1 atom stereocenters. The first kappa shape index (κ1) is 14.9. The molecule has 1 aromatic rings. The Kier molecular flexibility index (Phi) is 6.09. The molecular formula is C14H26N4. The van der Waals surface area contributed by atoms with E-state index < -0.39 is 0 Å². The second-order valence-electron chi connectivity index (χ2n) is 5.25. The van der Waals surface area contributed by atoms with Gasteiger partial charge in [-0.25, -0.2) is 4.98 Å². The molecule has 0 saturated carbocycles. The number of pyridine rings is 1. The molecule has 0 aliphatic carbocycles. The van der Waals surface area contributed by atoms with Crippen LogP contribution in [-0.2, 0) is 6.42 Å². The molecule has 0 amide bonds. The van der Waals surface area contributed by atoms with Crippen LogP contribution in [0, 0.1) is 0 Å². The number of hydrogen-bond acceptors (Lipinski definition) is 4. The molecule has 0 aromatic carbocycles. The van der Waals surface area contributed by atoms with E-state index in [0.29, 0.717) is 0 Å².